The van der Waals surface area contributed by atoms with Crippen LogP contribution >= 0.6 is 0 Å². The molecule has 0 unspecified atom stereocenters. The smallest absolute Gasteiger partial charge is 0.0754 e. The Hall–Kier alpha value is -1.53. The van der Waals surface area contributed by atoms with E-state index in [9.17, 15) is 0 Å². The fourth-order valence-corrected chi connectivity index (χ4v) is 0.783. The summed E-state index contributed by atoms with van der Waals surface area (Å²) >= 11 is 0. The van der Waals surface area contributed by atoms with E-state index >= 15 is 0 Å². The lowest BCUT2D eigenvalue weighted by Crippen LogP contribution is -1.89. The molecule has 0 saturated heterocycles. The second kappa shape index (κ2) is 3.59. The second-order valence-electron chi connectivity index (χ2n) is 2.14. The summed E-state index contributed by atoms with van der Waals surface area (Å²) in [6.45, 7) is 0. The lowest BCUT2D eigenvalue weighted by atomic mass is 10.3. The average Bonchev–Trinajstić information content (AvgIpc) is 2.15. The predicted molar refractivity (Wildman–Crippen MR) is 47.4 cm³/mol. The van der Waals surface area contributed by atoms with Gasteiger partial charge in [-0.1, -0.05) is 17.9 Å². The summed E-state index contributed by atoms with van der Waals surface area (Å²) in [4.78, 5) is 3.86. The number of allylic oxidation sites excluding steroid dienone is 4. The van der Waals surface area contributed by atoms with Crippen molar-refractivity contribution < 1.29 is 0 Å². The fourth-order valence-electron chi connectivity index (χ4n) is 0.783. The molecule has 0 atom stereocenters. The van der Waals surface area contributed by atoms with E-state index in [4.69, 9.17) is 5.73 Å². The predicted octanol–water partition coefficient (Wildman–Crippen LogP) is 1.18. The number of rotatable bonds is 1. The molecule has 0 spiro atoms. The summed E-state index contributed by atoms with van der Waals surface area (Å²) in [6.07, 6.45) is 9.20. The molecule has 1 aliphatic carbocycles. The van der Waals surface area contributed by atoms with Crippen LogP contribution in [0.2, 0.25) is 0 Å². The van der Waals surface area contributed by atoms with E-state index in [0.29, 0.717) is 5.70 Å². The highest BCUT2D eigenvalue weighted by Crippen LogP contribution is 1.98. The minimum Gasteiger partial charge on any atom is -0.392 e. The molecule has 0 heterocycles. The van der Waals surface area contributed by atoms with Crippen molar-refractivity contribution in [3.8, 4) is 0 Å². The molecule has 56 valence electrons. The van der Waals surface area contributed by atoms with Crippen LogP contribution in [0.3, 0.4) is 0 Å². The standard InChI is InChI=1S/C9H10N2/c1-11-7-8-4-2-3-5-9(10)6-8/h2-5,7H,10H2,1H3/b11-7-. The zero-order valence-electron chi connectivity index (χ0n) is 6.41. The van der Waals surface area contributed by atoms with Crippen molar-refractivity contribution in [1.29, 1.82) is 0 Å². The first-order valence-corrected chi connectivity index (χ1v) is 3.36. The van der Waals surface area contributed by atoms with E-state index in [1.807, 2.05) is 18.2 Å². The van der Waals surface area contributed by atoms with Gasteiger partial charge in [-0.15, -0.1) is 0 Å². The number of hydrogen-bond donors (Lipinski definition) is 1. The van der Waals surface area contributed by atoms with E-state index in [0.717, 1.165) is 5.57 Å². The van der Waals surface area contributed by atoms with Crippen LogP contribution in [0.25, 0.3) is 0 Å². The van der Waals surface area contributed by atoms with Gasteiger partial charge in [0.05, 0.1) is 5.70 Å². The summed E-state index contributed by atoms with van der Waals surface area (Å²) in [5, 5.41) is 0. The SMILES string of the molecule is C/N=C\C1=C=C(N)C=CC=C1. The van der Waals surface area contributed by atoms with Crippen LogP contribution in [-0.2, 0) is 0 Å². The van der Waals surface area contributed by atoms with Gasteiger partial charge in [0.1, 0.15) is 0 Å². The van der Waals surface area contributed by atoms with Crippen molar-refractivity contribution in [3.63, 3.8) is 0 Å². The molecular formula is C9H10N2. The maximum atomic E-state index is 5.55. The third kappa shape index (κ3) is 2.28. The number of nitrogens with zero attached hydrogens (tertiary/aromatic N) is 1. The van der Waals surface area contributed by atoms with E-state index in [-0.39, 0.29) is 0 Å². The van der Waals surface area contributed by atoms with Crippen LogP contribution in [-0.4, -0.2) is 13.3 Å². The van der Waals surface area contributed by atoms with Gasteiger partial charge in [0, 0.05) is 18.8 Å². The van der Waals surface area contributed by atoms with Crippen LogP contribution in [0.15, 0.2) is 46.3 Å². The van der Waals surface area contributed by atoms with Crippen molar-refractivity contribution in [1.82, 2.24) is 0 Å². The monoisotopic (exact) mass is 146 g/mol. The Kier molecular flexibility index (Phi) is 2.47. The molecule has 1 aliphatic rings. The summed E-state index contributed by atoms with van der Waals surface area (Å²) in [7, 11) is 1.72. The van der Waals surface area contributed by atoms with Crippen molar-refractivity contribution in [2.45, 2.75) is 0 Å². The van der Waals surface area contributed by atoms with Crippen LogP contribution < -0.4 is 5.73 Å². The molecule has 0 aromatic heterocycles. The highest BCUT2D eigenvalue weighted by Gasteiger charge is 1.87. The van der Waals surface area contributed by atoms with Crippen LogP contribution in [0.1, 0.15) is 0 Å². The molecule has 2 N–H and O–H groups in total. The van der Waals surface area contributed by atoms with Gasteiger partial charge in [0.15, 0.2) is 0 Å². The zero-order valence-corrected chi connectivity index (χ0v) is 6.41. The maximum absolute atomic E-state index is 5.55. The molecule has 0 bridgehead atoms. The quantitative estimate of drug-likeness (QED) is 0.438. The van der Waals surface area contributed by atoms with Gasteiger partial charge < -0.3 is 5.73 Å². The molecule has 2 nitrogen and oxygen atoms in total. The minimum atomic E-state index is 0.630. The first-order chi connectivity index (χ1) is 5.33. The largest absolute Gasteiger partial charge is 0.392 e. The first kappa shape index (κ1) is 7.58. The van der Waals surface area contributed by atoms with Crippen LogP contribution in [0.4, 0.5) is 0 Å². The molecule has 0 aromatic rings. The molecule has 2 heteroatoms. The van der Waals surface area contributed by atoms with E-state index in [2.05, 4.69) is 10.7 Å². The van der Waals surface area contributed by atoms with Gasteiger partial charge in [0.25, 0.3) is 0 Å². The highest BCUT2D eigenvalue weighted by atomic mass is 14.6. The fraction of sp³-hybridized carbons (Fsp3) is 0.111. The first-order valence-electron chi connectivity index (χ1n) is 3.36. The normalized spacial score (nSPS) is 16.5. The maximum Gasteiger partial charge on any atom is 0.0754 e. The van der Waals surface area contributed by atoms with Crippen molar-refractivity contribution in [3.05, 3.63) is 41.3 Å². The molecular weight excluding hydrogens is 136 g/mol. The summed E-state index contributed by atoms with van der Waals surface area (Å²) in [5.41, 5.74) is 10.0. The second-order valence-corrected chi connectivity index (χ2v) is 2.14. The summed E-state index contributed by atoms with van der Waals surface area (Å²) in [5.74, 6) is 0. The Morgan fingerprint density at radius 2 is 2.18 bits per heavy atom. The van der Waals surface area contributed by atoms with Crippen molar-refractivity contribution >= 4 is 6.21 Å². The van der Waals surface area contributed by atoms with Gasteiger partial charge in [-0.2, -0.15) is 0 Å². The zero-order chi connectivity index (χ0) is 8.10. The Morgan fingerprint density at radius 3 is 2.91 bits per heavy atom. The van der Waals surface area contributed by atoms with Gasteiger partial charge in [-0.3, -0.25) is 4.99 Å². The molecule has 0 radical (unpaired) electrons. The number of hydrogen-bond acceptors (Lipinski definition) is 2. The topological polar surface area (TPSA) is 38.4 Å². The molecule has 11 heavy (non-hydrogen) atoms. The van der Waals surface area contributed by atoms with Crippen LogP contribution in [0.5, 0.6) is 0 Å². The molecule has 0 aliphatic heterocycles. The third-order valence-corrected chi connectivity index (χ3v) is 1.22. The number of aliphatic imine (C=N–C) groups is 1. The molecule has 0 fully saturated rings. The summed E-state index contributed by atoms with van der Waals surface area (Å²) < 4.78 is 0. The molecule has 0 saturated carbocycles. The van der Waals surface area contributed by atoms with Crippen molar-refractivity contribution in [2.75, 3.05) is 7.05 Å². The molecule has 0 amide bonds. The minimum absolute atomic E-state index is 0.630. The Labute approximate surface area is 66.1 Å². The van der Waals surface area contributed by atoms with Gasteiger partial charge in [-0.25, -0.2) is 0 Å². The Balaban J connectivity index is 3.03. The third-order valence-electron chi connectivity index (χ3n) is 1.22. The van der Waals surface area contributed by atoms with Gasteiger partial charge in [-0.05, 0) is 12.2 Å². The van der Waals surface area contributed by atoms with E-state index in [1.165, 1.54) is 0 Å². The highest BCUT2D eigenvalue weighted by molar-refractivity contribution is 5.82. The van der Waals surface area contributed by atoms with E-state index in [1.54, 1.807) is 19.3 Å². The van der Waals surface area contributed by atoms with Gasteiger partial charge >= 0.3 is 0 Å². The lowest BCUT2D eigenvalue weighted by Gasteiger charge is -1.84. The average molecular weight is 146 g/mol. The Morgan fingerprint density at radius 1 is 1.45 bits per heavy atom. The van der Waals surface area contributed by atoms with E-state index < -0.39 is 0 Å². The summed E-state index contributed by atoms with van der Waals surface area (Å²) in [6, 6.07) is 0. The Bertz CT molecular complexity index is 287. The number of nitrogens with two attached hydrogens (primary N) is 1. The lowest BCUT2D eigenvalue weighted by molar-refractivity contribution is 1.43. The molecule has 0 aromatic carbocycles. The van der Waals surface area contributed by atoms with Gasteiger partial charge in [0.2, 0.25) is 0 Å². The molecule has 1 rings (SSSR count). The van der Waals surface area contributed by atoms with Crippen molar-refractivity contribution in [2.24, 2.45) is 10.7 Å². The van der Waals surface area contributed by atoms with Crippen LogP contribution in [0, 0.1) is 0 Å².